The number of nitrogens with zero attached hydrogens (tertiary/aromatic N) is 3. The number of piperidine rings is 1. The average Bonchev–Trinajstić information content (AvgIpc) is 3.45. The van der Waals surface area contributed by atoms with E-state index in [9.17, 15) is 20.0 Å². The van der Waals surface area contributed by atoms with Crippen molar-refractivity contribution in [3.05, 3.63) is 39.4 Å². The van der Waals surface area contributed by atoms with E-state index in [0.717, 1.165) is 38.3 Å². The van der Waals surface area contributed by atoms with E-state index in [1.165, 1.54) is 6.20 Å². The van der Waals surface area contributed by atoms with Gasteiger partial charge in [0.05, 0.1) is 16.6 Å². The minimum atomic E-state index is -1.34. The van der Waals surface area contributed by atoms with Crippen molar-refractivity contribution in [2.24, 2.45) is 5.92 Å². The molecule has 2 aromatic rings. The third kappa shape index (κ3) is 3.13. The molecule has 30 heavy (non-hydrogen) atoms. The maximum atomic E-state index is 15.2. The van der Waals surface area contributed by atoms with Crippen molar-refractivity contribution in [3.8, 4) is 6.07 Å². The molecule has 0 amide bonds. The molecule has 158 valence electrons. The SMILES string of the molecule is Cl.N#Cc1c(N2C[C@@H]3CCCN[C@@H]3C2)c(F)cc2c(=O)c(C(=O)O)cn(C3CC3)c12. The van der Waals surface area contributed by atoms with E-state index in [0.29, 0.717) is 24.5 Å². The van der Waals surface area contributed by atoms with Crippen molar-refractivity contribution in [1.29, 1.82) is 5.26 Å². The van der Waals surface area contributed by atoms with Gasteiger partial charge >= 0.3 is 5.97 Å². The van der Waals surface area contributed by atoms with Gasteiger partial charge in [0.2, 0.25) is 5.43 Å². The van der Waals surface area contributed by atoms with Gasteiger partial charge in [-0.05, 0) is 44.2 Å². The second-order valence-corrected chi connectivity index (χ2v) is 8.27. The van der Waals surface area contributed by atoms with Gasteiger partial charge in [-0.1, -0.05) is 0 Å². The molecule has 3 heterocycles. The number of fused-ring (bicyclic) bond motifs is 2. The third-order valence-electron chi connectivity index (χ3n) is 6.44. The lowest BCUT2D eigenvalue weighted by Gasteiger charge is -2.24. The molecule has 3 fully saturated rings. The topological polar surface area (TPSA) is 98.4 Å². The van der Waals surface area contributed by atoms with Crippen LogP contribution in [0.1, 0.15) is 47.6 Å². The smallest absolute Gasteiger partial charge is 0.341 e. The van der Waals surface area contributed by atoms with E-state index < -0.39 is 22.8 Å². The van der Waals surface area contributed by atoms with Crippen LogP contribution in [-0.4, -0.2) is 41.3 Å². The van der Waals surface area contributed by atoms with Crippen LogP contribution in [-0.2, 0) is 0 Å². The Balaban J connectivity index is 0.00000218. The van der Waals surface area contributed by atoms with Crippen LogP contribution in [0.5, 0.6) is 0 Å². The largest absolute Gasteiger partial charge is 0.477 e. The number of rotatable bonds is 3. The third-order valence-corrected chi connectivity index (χ3v) is 6.44. The van der Waals surface area contributed by atoms with Gasteiger partial charge < -0.3 is 19.9 Å². The zero-order chi connectivity index (χ0) is 20.3. The number of hydrogen-bond donors (Lipinski definition) is 2. The second-order valence-electron chi connectivity index (χ2n) is 8.27. The summed E-state index contributed by atoms with van der Waals surface area (Å²) in [7, 11) is 0. The molecule has 7 nitrogen and oxygen atoms in total. The minimum absolute atomic E-state index is 0. The van der Waals surface area contributed by atoms with Crippen molar-refractivity contribution in [3.63, 3.8) is 0 Å². The zero-order valence-corrected chi connectivity index (χ0v) is 17.0. The molecular formula is C21H22ClFN4O3. The van der Waals surface area contributed by atoms with E-state index in [1.54, 1.807) is 4.57 Å². The molecular weight excluding hydrogens is 411 g/mol. The molecule has 3 aliphatic rings. The first-order valence-corrected chi connectivity index (χ1v) is 10.0. The van der Waals surface area contributed by atoms with E-state index in [4.69, 9.17) is 0 Å². The number of anilines is 1. The number of carboxylic acids is 1. The van der Waals surface area contributed by atoms with Gasteiger partial charge in [-0.25, -0.2) is 9.18 Å². The lowest BCUT2D eigenvalue weighted by Crippen LogP contribution is -2.40. The normalized spacial score (nSPS) is 23.0. The summed E-state index contributed by atoms with van der Waals surface area (Å²) in [5.41, 5.74) is -0.433. The van der Waals surface area contributed by atoms with Crippen molar-refractivity contribution in [2.75, 3.05) is 24.5 Å². The summed E-state index contributed by atoms with van der Waals surface area (Å²) in [5.74, 6) is -1.58. The van der Waals surface area contributed by atoms with Crippen LogP contribution in [0.4, 0.5) is 10.1 Å². The highest BCUT2D eigenvalue weighted by Crippen LogP contribution is 2.41. The number of aromatic nitrogens is 1. The predicted octanol–water partition coefficient (Wildman–Crippen LogP) is 2.66. The number of pyridine rings is 1. The highest BCUT2D eigenvalue weighted by molar-refractivity contribution is 5.96. The molecule has 2 aliphatic heterocycles. The van der Waals surface area contributed by atoms with E-state index >= 15 is 4.39 Å². The van der Waals surface area contributed by atoms with Gasteiger partial charge in [-0.15, -0.1) is 12.4 Å². The van der Waals surface area contributed by atoms with Gasteiger partial charge in [0, 0.05) is 31.4 Å². The molecule has 2 N–H and O–H groups in total. The Hall–Kier alpha value is -2.63. The van der Waals surface area contributed by atoms with E-state index in [-0.39, 0.29) is 41.1 Å². The lowest BCUT2D eigenvalue weighted by atomic mass is 9.94. The second kappa shape index (κ2) is 7.56. The molecule has 0 radical (unpaired) electrons. The molecule has 1 aromatic carbocycles. The highest BCUT2D eigenvalue weighted by Gasteiger charge is 2.37. The fourth-order valence-corrected chi connectivity index (χ4v) is 4.92. The Morgan fingerprint density at radius 3 is 2.70 bits per heavy atom. The first-order chi connectivity index (χ1) is 14.0. The van der Waals surface area contributed by atoms with Crippen molar-refractivity contribution in [1.82, 2.24) is 9.88 Å². The van der Waals surface area contributed by atoms with Crippen LogP contribution >= 0.6 is 12.4 Å². The standard InChI is InChI=1S/C21H21FN4O3.ClH/c22-16-6-13-18(26(12-3-4-12)9-15(20(13)27)21(28)29)14(7-23)19(16)25-8-11-2-1-5-24-17(11)10-25;/h6,9,11-12,17,24H,1-5,8,10H2,(H,28,29);1H/t11-,17+;/m0./s1. The van der Waals surface area contributed by atoms with Gasteiger partial charge in [-0.2, -0.15) is 5.26 Å². The number of halogens is 2. The Kier molecular flexibility index (Phi) is 5.20. The molecule has 1 aromatic heterocycles. The molecule has 0 bridgehead atoms. The monoisotopic (exact) mass is 432 g/mol. The molecule has 9 heteroatoms. The van der Waals surface area contributed by atoms with Gasteiger partial charge in [0.1, 0.15) is 23.0 Å². The summed E-state index contributed by atoms with van der Waals surface area (Å²) in [6.07, 6.45) is 5.15. The molecule has 2 atom stereocenters. The first kappa shape index (κ1) is 20.6. The number of carbonyl (C=O) groups is 1. The van der Waals surface area contributed by atoms with E-state index in [2.05, 4.69) is 11.4 Å². The van der Waals surface area contributed by atoms with Gasteiger partial charge in [0.15, 0.2) is 0 Å². The summed E-state index contributed by atoms with van der Waals surface area (Å²) in [5, 5.41) is 22.8. The predicted molar refractivity (Wildman–Crippen MR) is 112 cm³/mol. The highest BCUT2D eigenvalue weighted by atomic mass is 35.5. The number of aromatic carboxylic acids is 1. The summed E-state index contributed by atoms with van der Waals surface area (Å²) in [4.78, 5) is 26.2. The first-order valence-electron chi connectivity index (χ1n) is 10.0. The fraction of sp³-hybridized carbons (Fsp3) is 0.476. The van der Waals surface area contributed by atoms with Crippen LogP contribution in [0.3, 0.4) is 0 Å². The van der Waals surface area contributed by atoms with Gasteiger partial charge in [-0.3, -0.25) is 4.79 Å². The number of hydrogen-bond acceptors (Lipinski definition) is 5. The summed E-state index contributed by atoms with van der Waals surface area (Å²) < 4.78 is 16.9. The van der Waals surface area contributed by atoms with Crippen LogP contribution < -0.4 is 15.6 Å². The number of nitrogens with one attached hydrogen (secondary N) is 1. The number of benzene rings is 1. The molecule has 2 saturated heterocycles. The Labute approximate surface area is 178 Å². The molecule has 5 rings (SSSR count). The summed E-state index contributed by atoms with van der Waals surface area (Å²) in [6, 6.07) is 3.55. The zero-order valence-electron chi connectivity index (χ0n) is 16.2. The van der Waals surface area contributed by atoms with Crippen molar-refractivity contribution in [2.45, 2.75) is 37.8 Å². The fourth-order valence-electron chi connectivity index (χ4n) is 4.92. The van der Waals surface area contributed by atoms with Crippen LogP contribution in [0, 0.1) is 23.1 Å². The average molecular weight is 433 g/mol. The van der Waals surface area contributed by atoms with Crippen molar-refractivity contribution >= 4 is 35.0 Å². The van der Waals surface area contributed by atoms with Crippen molar-refractivity contribution < 1.29 is 14.3 Å². The van der Waals surface area contributed by atoms with Crippen LogP contribution in [0.2, 0.25) is 0 Å². The molecule has 0 spiro atoms. The molecule has 1 aliphatic carbocycles. The summed E-state index contributed by atoms with van der Waals surface area (Å²) >= 11 is 0. The number of nitriles is 1. The maximum absolute atomic E-state index is 15.2. The van der Waals surface area contributed by atoms with Gasteiger partial charge in [0.25, 0.3) is 0 Å². The van der Waals surface area contributed by atoms with E-state index in [1.807, 2.05) is 4.90 Å². The summed E-state index contributed by atoms with van der Waals surface area (Å²) in [6.45, 7) is 2.22. The quantitative estimate of drug-likeness (QED) is 0.773. The molecule has 1 saturated carbocycles. The lowest BCUT2D eigenvalue weighted by molar-refractivity contribution is 0.0695. The van der Waals surface area contributed by atoms with Crippen LogP contribution in [0.15, 0.2) is 17.1 Å². The molecule has 0 unspecified atom stereocenters. The maximum Gasteiger partial charge on any atom is 0.341 e. The Morgan fingerprint density at radius 1 is 1.30 bits per heavy atom. The van der Waals surface area contributed by atoms with Crippen LogP contribution in [0.25, 0.3) is 10.9 Å². The minimum Gasteiger partial charge on any atom is -0.477 e. The Bertz CT molecular complexity index is 1120. The Morgan fingerprint density at radius 2 is 2.07 bits per heavy atom. The number of carboxylic acid groups (broad SMARTS) is 1.